The summed E-state index contributed by atoms with van der Waals surface area (Å²) in [6.45, 7) is 0. The first kappa shape index (κ1) is 16.5. The maximum absolute atomic E-state index is 11.8. The fraction of sp³-hybridized carbons (Fsp3) is 0. The van der Waals surface area contributed by atoms with Crippen LogP contribution in [0.15, 0.2) is 48.5 Å². The molecule has 0 bridgehead atoms. The minimum atomic E-state index is -1.19. The van der Waals surface area contributed by atoms with Crippen LogP contribution in [-0.2, 0) is 0 Å². The number of rotatable bonds is 3. The van der Waals surface area contributed by atoms with Gasteiger partial charge in [-0.15, -0.1) is 0 Å². The molecule has 0 radical (unpaired) electrons. The molecule has 0 fully saturated rings. The predicted molar refractivity (Wildman–Crippen MR) is 75.0 cm³/mol. The van der Waals surface area contributed by atoms with Crippen LogP contribution in [0, 0.1) is 0 Å². The van der Waals surface area contributed by atoms with Crippen LogP contribution in [-0.4, -0.2) is 59.9 Å². The molecule has 0 amide bonds. The Balaban J connectivity index is 0.00000200. The van der Waals surface area contributed by atoms with Crippen molar-refractivity contribution >= 4 is 49.7 Å². The standard InChI is InChI=1S/C14H10O5.Ca.2H/c15-11-7-3-1-5-9(11)14(18)19-12-8-4-2-6-10(12)13(16)17;;;/h1-8,15H,(H,16,17);;;. The zero-order valence-corrected chi connectivity index (χ0v) is 9.74. The van der Waals surface area contributed by atoms with Crippen molar-refractivity contribution in [1.82, 2.24) is 0 Å². The predicted octanol–water partition coefficient (Wildman–Crippen LogP) is 1.39. The molecule has 5 nitrogen and oxygen atoms in total. The Morgan fingerprint density at radius 2 is 1.45 bits per heavy atom. The van der Waals surface area contributed by atoms with Crippen LogP contribution in [0.3, 0.4) is 0 Å². The molecule has 0 aromatic heterocycles. The van der Waals surface area contributed by atoms with E-state index in [4.69, 9.17) is 9.84 Å². The Morgan fingerprint density at radius 3 is 2.05 bits per heavy atom. The van der Waals surface area contributed by atoms with Gasteiger partial charge < -0.3 is 14.9 Å². The average molecular weight is 300 g/mol. The number of phenolic OH excluding ortho intramolecular Hbond substituents is 1. The molecule has 2 N–H and O–H groups in total. The molecular weight excluding hydrogens is 288 g/mol. The van der Waals surface area contributed by atoms with E-state index < -0.39 is 11.9 Å². The van der Waals surface area contributed by atoms with Crippen LogP contribution in [0.5, 0.6) is 11.5 Å². The number of ether oxygens (including phenoxy) is 1. The van der Waals surface area contributed by atoms with Gasteiger partial charge in [0.25, 0.3) is 0 Å². The summed E-state index contributed by atoms with van der Waals surface area (Å²) in [6.07, 6.45) is 0. The van der Waals surface area contributed by atoms with Gasteiger partial charge in [0.2, 0.25) is 0 Å². The molecule has 2 rings (SSSR count). The quantitative estimate of drug-likeness (QED) is 0.508. The first-order valence-corrected chi connectivity index (χ1v) is 5.42. The van der Waals surface area contributed by atoms with Crippen LogP contribution < -0.4 is 4.74 Å². The third kappa shape index (κ3) is 3.72. The number of para-hydroxylation sites is 2. The first-order chi connectivity index (χ1) is 9.09. The van der Waals surface area contributed by atoms with Gasteiger partial charge in [-0.2, -0.15) is 0 Å². The number of carbonyl (C=O) groups excluding carboxylic acids is 1. The number of carboxylic acid groups (broad SMARTS) is 1. The van der Waals surface area contributed by atoms with Crippen LogP contribution in [0.4, 0.5) is 0 Å². The van der Waals surface area contributed by atoms with Crippen molar-refractivity contribution < 1.29 is 24.5 Å². The fourth-order valence-electron chi connectivity index (χ4n) is 1.53. The number of aromatic hydroxyl groups is 1. The Hall–Kier alpha value is -1.56. The topological polar surface area (TPSA) is 83.8 Å². The zero-order valence-electron chi connectivity index (χ0n) is 9.74. The summed E-state index contributed by atoms with van der Waals surface area (Å²) >= 11 is 0. The van der Waals surface area contributed by atoms with Crippen LogP contribution in [0.25, 0.3) is 0 Å². The van der Waals surface area contributed by atoms with E-state index in [0.29, 0.717) is 0 Å². The summed E-state index contributed by atoms with van der Waals surface area (Å²) < 4.78 is 4.99. The second-order valence-corrected chi connectivity index (χ2v) is 3.71. The van der Waals surface area contributed by atoms with E-state index in [1.807, 2.05) is 0 Å². The Morgan fingerprint density at radius 1 is 0.900 bits per heavy atom. The molecule has 0 aliphatic heterocycles. The van der Waals surface area contributed by atoms with Crippen molar-refractivity contribution in [3.05, 3.63) is 59.7 Å². The molecule has 6 heteroatoms. The van der Waals surface area contributed by atoms with E-state index in [2.05, 4.69) is 0 Å². The number of hydrogen-bond donors (Lipinski definition) is 2. The number of phenols is 1. The second kappa shape index (κ2) is 7.28. The number of esters is 1. The van der Waals surface area contributed by atoms with Gasteiger partial charge in [-0.05, 0) is 24.3 Å². The number of carboxylic acids is 1. The van der Waals surface area contributed by atoms with Crippen molar-refractivity contribution in [1.29, 1.82) is 0 Å². The van der Waals surface area contributed by atoms with Crippen molar-refractivity contribution in [3.8, 4) is 11.5 Å². The molecule has 20 heavy (non-hydrogen) atoms. The third-order valence-electron chi connectivity index (χ3n) is 2.44. The summed E-state index contributed by atoms with van der Waals surface area (Å²) in [7, 11) is 0. The molecule has 0 atom stereocenters. The number of aromatic carboxylic acids is 1. The van der Waals surface area contributed by atoms with E-state index in [1.54, 1.807) is 18.2 Å². The van der Waals surface area contributed by atoms with Crippen molar-refractivity contribution in [2.45, 2.75) is 0 Å². The summed E-state index contributed by atoms with van der Waals surface area (Å²) in [6, 6.07) is 11.7. The van der Waals surface area contributed by atoms with Crippen LogP contribution in [0.1, 0.15) is 20.7 Å². The number of hydrogen-bond acceptors (Lipinski definition) is 4. The van der Waals surface area contributed by atoms with Gasteiger partial charge in [-0.3, -0.25) is 0 Å². The molecule has 0 unspecified atom stereocenters. The molecule has 100 valence electrons. The summed E-state index contributed by atoms with van der Waals surface area (Å²) in [5.41, 5.74) is -0.144. The summed E-state index contributed by atoms with van der Waals surface area (Å²) in [4.78, 5) is 22.8. The molecule has 0 saturated carbocycles. The normalized spacial score (nSPS) is 9.40. The summed E-state index contributed by atoms with van der Waals surface area (Å²) in [5, 5.41) is 18.5. The van der Waals surface area contributed by atoms with Gasteiger partial charge in [0.15, 0.2) is 0 Å². The van der Waals surface area contributed by atoms with Crippen LogP contribution >= 0.6 is 0 Å². The van der Waals surface area contributed by atoms with Gasteiger partial charge in [-0.25, -0.2) is 9.59 Å². The second-order valence-electron chi connectivity index (χ2n) is 3.71. The van der Waals surface area contributed by atoms with E-state index in [0.717, 1.165) is 0 Å². The van der Waals surface area contributed by atoms with Crippen molar-refractivity contribution in [2.24, 2.45) is 0 Å². The molecule has 2 aromatic rings. The Labute approximate surface area is 144 Å². The van der Waals surface area contributed by atoms with E-state index in [9.17, 15) is 14.7 Å². The minimum absolute atomic E-state index is 0. The number of benzene rings is 2. The van der Waals surface area contributed by atoms with Crippen LogP contribution in [0.2, 0.25) is 0 Å². The SMILES string of the molecule is O=C(Oc1ccccc1C(=O)O)c1ccccc1O.[CaH2]. The van der Waals surface area contributed by atoms with Gasteiger partial charge in [-0.1, -0.05) is 24.3 Å². The van der Waals surface area contributed by atoms with Gasteiger partial charge in [0.05, 0.1) is 0 Å². The van der Waals surface area contributed by atoms with Gasteiger partial charge in [0.1, 0.15) is 22.6 Å². The van der Waals surface area contributed by atoms with Crippen molar-refractivity contribution in [3.63, 3.8) is 0 Å². The molecule has 0 aliphatic carbocycles. The monoisotopic (exact) mass is 300 g/mol. The van der Waals surface area contributed by atoms with Gasteiger partial charge >= 0.3 is 49.7 Å². The van der Waals surface area contributed by atoms with E-state index in [-0.39, 0.29) is 60.4 Å². The molecule has 0 aliphatic rings. The maximum atomic E-state index is 11.8. The fourth-order valence-corrected chi connectivity index (χ4v) is 1.53. The van der Waals surface area contributed by atoms with Gasteiger partial charge in [0, 0.05) is 0 Å². The summed E-state index contributed by atoms with van der Waals surface area (Å²) in [5.74, 6) is -2.30. The molecular formula is C14H12CaO5. The molecule has 2 aromatic carbocycles. The Bertz CT molecular complexity index is 639. The van der Waals surface area contributed by atoms with E-state index >= 15 is 0 Å². The Kier molecular flexibility index (Phi) is 6.01. The molecule has 0 heterocycles. The van der Waals surface area contributed by atoms with E-state index in [1.165, 1.54) is 30.3 Å². The number of carbonyl (C=O) groups is 2. The zero-order chi connectivity index (χ0) is 13.8. The molecule has 0 spiro atoms. The van der Waals surface area contributed by atoms with Crippen molar-refractivity contribution in [2.75, 3.05) is 0 Å². The third-order valence-corrected chi connectivity index (χ3v) is 2.44. The average Bonchev–Trinajstić information content (AvgIpc) is 2.39. The molecule has 0 saturated heterocycles. The first-order valence-electron chi connectivity index (χ1n) is 5.42.